The molecule has 8 nitrogen and oxygen atoms in total. The van der Waals surface area contributed by atoms with Crippen molar-refractivity contribution < 1.29 is 18.6 Å². The fourth-order valence-corrected chi connectivity index (χ4v) is 8.54. The van der Waals surface area contributed by atoms with Crippen LogP contribution in [0.1, 0.15) is 75.8 Å². The summed E-state index contributed by atoms with van der Waals surface area (Å²) < 4.78 is 30.2. The molecule has 5 atom stereocenters. The summed E-state index contributed by atoms with van der Waals surface area (Å²) in [6.45, 7) is 1.11. The molecule has 5 saturated carbocycles. The van der Waals surface area contributed by atoms with E-state index < -0.39 is 12.2 Å². The minimum absolute atomic E-state index is 0.105. The lowest BCUT2D eigenvalue weighted by Crippen LogP contribution is -2.60. The lowest BCUT2D eigenvalue weighted by atomic mass is 9.48. The number of aromatic nitrogens is 2. The smallest absolute Gasteiger partial charge is 0.387 e. The molecule has 0 spiro atoms. The van der Waals surface area contributed by atoms with Gasteiger partial charge in [0.25, 0.3) is 0 Å². The molecule has 1 heterocycles. The third-order valence-corrected chi connectivity index (χ3v) is 10.4. The minimum atomic E-state index is -2.90. The number of para-hydroxylation sites is 1. The minimum Gasteiger partial charge on any atom is -0.434 e. The van der Waals surface area contributed by atoms with Crippen LogP contribution in [0.15, 0.2) is 30.5 Å². The Kier molecular flexibility index (Phi) is 8.25. The van der Waals surface area contributed by atoms with Gasteiger partial charge in [-0.3, -0.25) is 0 Å². The van der Waals surface area contributed by atoms with Gasteiger partial charge in [0.05, 0.1) is 11.8 Å². The second kappa shape index (κ2) is 11.9. The summed E-state index contributed by atoms with van der Waals surface area (Å²) in [5.74, 6) is 3.72. The molecule has 10 heteroatoms. The third kappa shape index (κ3) is 6.47. The van der Waals surface area contributed by atoms with Crippen molar-refractivity contribution in [2.75, 3.05) is 23.7 Å². The van der Waals surface area contributed by atoms with Gasteiger partial charge < -0.3 is 25.8 Å². The largest absolute Gasteiger partial charge is 0.434 e. The number of aliphatic hydroxyl groups is 1. The molecule has 0 radical (unpaired) electrons. The zero-order chi connectivity index (χ0) is 29.3. The average Bonchev–Trinajstić information content (AvgIpc) is 2.95. The van der Waals surface area contributed by atoms with Crippen molar-refractivity contribution in [3.8, 4) is 11.8 Å². The predicted octanol–water partition coefficient (Wildman–Crippen LogP) is 5.70. The number of ether oxygens (including phenoxy) is 1. The van der Waals surface area contributed by atoms with E-state index in [-0.39, 0.29) is 17.7 Å². The van der Waals surface area contributed by atoms with Crippen LogP contribution >= 0.6 is 0 Å². The van der Waals surface area contributed by atoms with Crippen LogP contribution in [0, 0.1) is 40.4 Å². The zero-order valence-corrected chi connectivity index (χ0v) is 24.3. The van der Waals surface area contributed by atoms with Crippen LogP contribution in [0.3, 0.4) is 0 Å². The Balaban J connectivity index is 1.07. The van der Waals surface area contributed by atoms with E-state index in [2.05, 4.69) is 36.7 Å². The lowest BCUT2D eigenvalue weighted by Gasteiger charge is -2.60. The first-order valence-electron chi connectivity index (χ1n) is 15.4. The highest BCUT2D eigenvalue weighted by Gasteiger charge is 2.55. The van der Waals surface area contributed by atoms with Crippen LogP contribution < -0.4 is 20.7 Å². The van der Waals surface area contributed by atoms with E-state index in [0.29, 0.717) is 46.7 Å². The van der Waals surface area contributed by atoms with E-state index in [1.54, 1.807) is 18.2 Å². The van der Waals surface area contributed by atoms with Crippen molar-refractivity contribution in [2.45, 2.75) is 89.5 Å². The molecule has 2 aromatic rings. The molecule has 5 aliphatic rings. The first kappa shape index (κ1) is 29.1. The quantitative estimate of drug-likeness (QED) is 0.268. The zero-order valence-electron chi connectivity index (χ0n) is 24.3. The van der Waals surface area contributed by atoms with E-state index in [4.69, 9.17) is 0 Å². The Morgan fingerprint density at radius 3 is 2.57 bits per heavy atom. The summed E-state index contributed by atoms with van der Waals surface area (Å²) in [7, 11) is 0. The van der Waals surface area contributed by atoms with Crippen LogP contribution in [0.4, 0.5) is 20.5 Å². The second-order valence-electron chi connectivity index (χ2n) is 13.6. The van der Waals surface area contributed by atoms with Crippen LogP contribution in [-0.2, 0) is 6.54 Å². The second-order valence-corrected chi connectivity index (χ2v) is 13.6. The maximum absolute atomic E-state index is 12.8. The Morgan fingerprint density at radius 1 is 1.12 bits per heavy atom. The summed E-state index contributed by atoms with van der Waals surface area (Å²) in [4.78, 5) is 8.87. The molecule has 1 unspecified atom stereocenters. The molecule has 1 aromatic carbocycles. The van der Waals surface area contributed by atoms with Crippen molar-refractivity contribution in [3.63, 3.8) is 0 Å². The Bertz CT molecular complexity index is 1270. The molecule has 1 aromatic heterocycles. The van der Waals surface area contributed by atoms with E-state index in [0.717, 1.165) is 44.7 Å². The lowest BCUT2D eigenvalue weighted by molar-refractivity contribution is -0.0711. The van der Waals surface area contributed by atoms with Crippen LogP contribution in [0.25, 0.3) is 0 Å². The summed E-state index contributed by atoms with van der Waals surface area (Å²) in [6.07, 6.45) is 11.7. The molecular formula is C32H42F2N6O2. The molecule has 7 rings (SSSR count). The highest BCUT2D eigenvalue weighted by molar-refractivity contribution is 5.53. The summed E-state index contributed by atoms with van der Waals surface area (Å²) in [6, 6.07) is 9.40. The Hall–Kier alpha value is -3.03. The molecule has 5 fully saturated rings. The summed E-state index contributed by atoms with van der Waals surface area (Å²) >= 11 is 0. The van der Waals surface area contributed by atoms with Crippen molar-refractivity contribution in [2.24, 2.45) is 29.1 Å². The van der Waals surface area contributed by atoms with Gasteiger partial charge in [0.1, 0.15) is 23.2 Å². The fraction of sp³-hybridized carbons (Fsp3) is 0.656. The summed E-state index contributed by atoms with van der Waals surface area (Å²) in [5.41, 5.74) is 0.668. The number of alkyl halides is 2. The molecule has 5 aliphatic carbocycles. The van der Waals surface area contributed by atoms with Gasteiger partial charge in [-0.15, -0.1) is 0 Å². The molecule has 42 heavy (non-hydrogen) atoms. The van der Waals surface area contributed by atoms with Gasteiger partial charge in [-0.1, -0.05) is 18.2 Å². The van der Waals surface area contributed by atoms with Gasteiger partial charge in [-0.05, 0) is 106 Å². The topological polar surface area (TPSA) is 115 Å². The van der Waals surface area contributed by atoms with Crippen LogP contribution in [0.2, 0.25) is 0 Å². The van der Waals surface area contributed by atoms with E-state index >= 15 is 0 Å². The van der Waals surface area contributed by atoms with Gasteiger partial charge in [0, 0.05) is 24.7 Å². The van der Waals surface area contributed by atoms with Crippen molar-refractivity contribution >= 4 is 11.8 Å². The van der Waals surface area contributed by atoms with Gasteiger partial charge in [-0.2, -0.15) is 19.0 Å². The molecule has 0 saturated heterocycles. The van der Waals surface area contributed by atoms with E-state index in [1.165, 1.54) is 44.4 Å². The molecule has 4 N–H and O–H groups in total. The Labute approximate surface area is 246 Å². The summed E-state index contributed by atoms with van der Waals surface area (Å²) in [5, 5.41) is 30.6. The Morgan fingerprint density at radius 2 is 1.86 bits per heavy atom. The third-order valence-electron chi connectivity index (χ3n) is 10.4. The van der Waals surface area contributed by atoms with Gasteiger partial charge in [0.2, 0.25) is 5.95 Å². The SMILES string of the molecule is C[C@]1(O)CC[C@@H](CN[C@@H]2[C@@H]3CC4C[C@H]2C[C@@](CNc2nc(NCc5ccccc5OC(F)F)ncc2C#N)(C4)C3)CC1. The van der Waals surface area contributed by atoms with Crippen molar-refractivity contribution in [1.82, 2.24) is 15.3 Å². The number of rotatable bonds is 11. The van der Waals surface area contributed by atoms with E-state index in [9.17, 15) is 19.1 Å². The predicted molar refractivity (Wildman–Crippen MR) is 156 cm³/mol. The first-order valence-corrected chi connectivity index (χ1v) is 15.4. The number of nitriles is 1. The number of hydrogen-bond acceptors (Lipinski definition) is 8. The van der Waals surface area contributed by atoms with Crippen LogP contribution in [0.5, 0.6) is 5.75 Å². The maximum Gasteiger partial charge on any atom is 0.387 e. The maximum atomic E-state index is 12.8. The van der Waals surface area contributed by atoms with Crippen LogP contribution in [-0.4, -0.2) is 46.4 Å². The van der Waals surface area contributed by atoms with Gasteiger partial charge in [0.15, 0.2) is 0 Å². The van der Waals surface area contributed by atoms with Gasteiger partial charge in [-0.25, -0.2) is 4.98 Å². The number of nitrogens with zero attached hydrogens (tertiary/aromatic N) is 3. The molecule has 0 aliphatic heterocycles. The average molecular weight is 581 g/mol. The molecule has 0 amide bonds. The monoisotopic (exact) mass is 580 g/mol. The number of hydrogen-bond donors (Lipinski definition) is 4. The molecule has 4 bridgehead atoms. The van der Waals surface area contributed by atoms with Gasteiger partial charge >= 0.3 is 6.61 Å². The number of halogens is 2. The van der Waals surface area contributed by atoms with Crippen molar-refractivity contribution in [1.29, 1.82) is 5.26 Å². The molecular weight excluding hydrogens is 538 g/mol. The first-order chi connectivity index (χ1) is 20.2. The standard InChI is InChI=1S/C32H42F2N6O2/c1-31(41)8-6-20(7-9-31)16-36-27-23-10-21-11-24(27)14-32(12-21,13-23)19-39-28-25(15-35)18-38-30(40-28)37-17-22-4-2-3-5-26(22)42-29(33)34/h2-5,18,20-21,23-24,27,29,36,41H,6-14,16-17,19H2,1H3,(H2,37,38,39,40)/t20-,21?,23-,24+,27-,31+,32-. The van der Waals surface area contributed by atoms with E-state index in [1.807, 2.05) is 6.92 Å². The highest BCUT2D eigenvalue weighted by atomic mass is 19.3. The normalized spacial score (nSPS) is 33.4. The molecule has 226 valence electrons. The fourth-order valence-electron chi connectivity index (χ4n) is 8.54. The number of nitrogens with one attached hydrogen (secondary N) is 3. The number of anilines is 2. The number of benzene rings is 1. The highest BCUT2D eigenvalue weighted by Crippen LogP contribution is 2.60. The van der Waals surface area contributed by atoms with Crippen molar-refractivity contribution in [3.05, 3.63) is 41.6 Å².